The lowest BCUT2D eigenvalue weighted by Crippen LogP contribution is -2.24. The predicted molar refractivity (Wildman–Crippen MR) is 112 cm³/mol. The van der Waals surface area contributed by atoms with Gasteiger partial charge in [-0.05, 0) is 35.9 Å². The molecule has 0 radical (unpaired) electrons. The highest BCUT2D eigenvalue weighted by atomic mass is 16.5. The summed E-state index contributed by atoms with van der Waals surface area (Å²) in [5.74, 6) is 2.61. The molecule has 0 bridgehead atoms. The van der Waals surface area contributed by atoms with Crippen LogP contribution in [0.5, 0.6) is 28.7 Å². The molecule has 0 aromatic heterocycles. The van der Waals surface area contributed by atoms with E-state index in [1.165, 1.54) is 11.9 Å². The minimum atomic E-state index is -0.306. The van der Waals surface area contributed by atoms with Gasteiger partial charge >= 0.3 is 0 Å². The van der Waals surface area contributed by atoms with Crippen molar-refractivity contribution in [3.8, 4) is 28.7 Å². The van der Waals surface area contributed by atoms with Crippen LogP contribution in [0.15, 0.2) is 35.4 Å². The normalized spacial score (nSPS) is 15.5. The van der Waals surface area contributed by atoms with E-state index in [1.54, 1.807) is 35.5 Å². The molecular formula is C22H26N2O6. The van der Waals surface area contributed by atoms with Crippen LogP contribution in [0.1, 0.15) is 30.5 Å². The second-order valence-corrected chi connectivity index (χ2v) is 6.66. The minimum absolute atomic E-state index is 0.163. The van der Waals surface area contributed by atoms with Crippen LogP contribution >= 0.6 is 0 Å². The molecule has 0 saturated heterocycles. The zero-order valence-corrected chi connectivity index (χ0v) is 18.0. The third-order valence-electron chi connectivity index (χ3n) is 5.02. The van der Waals surface area contributed by atoms with Crippen LogP contribution in [0.25, 0.3) is 0 Å². The molecule has 0 saturated carbocycles. The van der Waals surface area contributed by atoms with Crippen molar-refractivity contribution in [2.24, 2.45) is 5.10 Å². The van der Waals surface area contributed by atoms with Gasteiger partial charge in [0, 0.05) is 18.9 Å². The molecule has 1 amide bonds. The maximum absolute atomic E-state index is 12.3. The second-order valence-electron chi connectivity index (χ2n) is 6.66. The molecule has 160 valence electrons. The number of methoxy groups -OCH3 is 5. The first-order valence-electron chi connectivity index (χ1n) is 9.36. The van der Waals surface area contributed by atoms with E-state index in [2.05, 4.69) is 5.10 Å². The lowest BCUT2D eigenvalue weighted by atomic mass is 9.97. The van der Waals surface area contributed by atoms with Gasteiger partial charge in [0.05, 0.1) is 47.3 Å². The number of rotatable bonds is 7. The summed E-state index contributed by atoms with van der Waals surface area (Å²) in [7, 11) is 7.84. The van der Waals surface area contributed by atoms with Crippen molar-refractivity contribution in [1.82, 2.24) is 5.01 Å². The first-order chi connectivity index (χ1) is 14.5. The van der Waals surface area contributed by atoms with Gasteiger partial charge in [-0.1, -0.05) is 0 Å². The highest BCUT2D eigenvalue weighted by molar-refractivity contribution is 6.03. The van der Waals surface area contributed by atoms with E-state index in [-0.39, 0.29) is 11.9 Å². The monoisotopic (exact) mass is 414 g/mol. The smallest absolute Gasteiger partial charge is 0.240 e. The molecule has 0 fully saturated rings. The summed E-state index contributed by atoms with van der Waals surface area (Å²) in [5, 5.41) is 6.07. The fraction of sp³-hybridized carbons (Fsp3) is 0.364. The first kappa shape index (κ1) is 21.3. The van der Waals surface area contributed by atoms with Crippen molar-refractivity contribution in [3.05, 3.63) is 41.5 Å². The Labute approximate surface area is 175 Å². The zero-order valence-electron chi connectivity index (χ0n) is 18.0. The van der Waals surface area contributed by atoms with Gasteiger partial charge in [0.25, 0.3) is 0 Å². The van der Waals surface area contributed by atoms with Gasteiger partial charge in [0.1, 0.15) is 0 Å². The fourth-order valence-corrected chi connectivity index (χ4v) is 3.54. The molecule has 3 rings (SSSR count). The molecular weight excluding hydrogens is 388 g/mol. The summed E-state index contributed by atoms with van der Waals surface area (Å²) in [6.07, 6.45) is 0.522. The van der Waals surface area contributed by atoms with Crippen molar-refractivity contribution in [1.29, 1.82) is 0 Å². The molecule has 8 heteroatoms. The second kappa shape index (κ2) is 8.94. The van der Waals surface area contributed by atoms with Gasteiger partial charge in [0.2, 0.25) is 11.7 Å². The largest absolute Gasteiger partial charge is 0.493 e. The van der Waals surface area contributed by atoms with E-state index < -0.39 is 0 Å². The lowest BCUT2D eigenvalue weighted by Gasteiger charge is -2.22. The van der Waals surface area contributed by atoms with E-state index in [1.807, 2.05) is 30.3 Å². The maximum Gasteiger partial charge on any atom is 0.240 e. The Morgan fingerprint density at radius 1 is 0.867 bits per heavy atom. The van der Waals surface area contributed by atoms with Crippen molar-refractivity contribution >= 4 is 11.6 Å². The fourth-order valence-electron chi connectivity index (χ4n) is 3.54. The Morgan fingerprint density at radius 2 is 1.47 bits per heavy atom. The predicted octanol–water partition coefficient (Wildman–Crippen LogP) is 3.43. The van der Waals surface area contributed by atoms with E-state index in [9.17, 15) is 4.79 Å². The van der Waals surface area contributed by atoms with Gasteiger partial charge in [-0.2, -0.15) is 5.10 Å². The number of nitrogens with zero attached hydrogens (tertiary/aromatic N) is 2. The molecule has 2 aromatic rings. The summed E-state index contributed by atoms with van der Waals surface area (Å²) >= 11 is 0. The molecule has 0 aliphatic carbocycles. The van der Waals surface area contributed by atoms with Gasteiger partial charge in [-0.15, -0.1) is 0 Å². The summed E-state index contributed by atoms with van der Waals surface area (Å²) in [5.41, 5.74) is 2.46. The third kappa shape index (κ3) is 3.85. The zero-order chi connectivity index (χ0) is 21.8. The minimum Gasteiger partial charge on any atom is -0.493 e. The number of hydrogen-bond donors (Lipinski definition) is 0. The molecule has 0 spiro atoms. The third-order valence-corrected chi connectivity index (χ3v) is 5.02. The first-order valence-corrected chi connectivity index (χ1v) is 9.36. The van der Waals surface area contributed by atoms with E-state index in [0.29, 0.717) is 35.2 Å². The number of amides is 1. The molecule has 2 aromatic carbocycles. The van der Waals surface area contributed by atoms with Crippen molar-refractivity contribution in [2.45, 2.75) is 19.4 Å². The van der Waals surface area contributed by atoms with Gasteiger partial charge in [0.15, 0.2) is 23.0 Å². The van der Waals surface area contributed by atoms with Crippen LogP contribution in [0.4, 0.5) is 0 Å². The van der Waals surface area contributed by atoms with Crippen molar-refractivity contribution in [2.75, 3.05) is 35.5 Å². The number of carbonyl (C=O) groups is 1. The summed E-state index contributed by atoms with van der Waals surface area (Å²) in [6, 6.07) is 8.95. The molecule has 1 atom stereocenters. The molecule has 1 heterocycles. The average Bonchev–Trinajstić information content (AvgIpc) is 3.23. The van der Waals surface area contributed by atoms with Crippen molar-refractivity contribution in [3.63, 3.8) is 0 Å². The van der Waals surface area contributed by atoms with Gasteiger partial charge in [-0.3, -0.25) is 4.79 Å². The van der Waals surface area contributed by atoms with Gasteiger partial charge in [-0.25, -0.2) is 5.01 Å². The summed E-state index contributed by atoms with van der Waals surface area (Å²) in [4.78, 5) is 12.3. The Hall–Kier alpha value is -3.42. The Balaban J connectivity index is 2.02. The van der Waals surface area contributed by atoms with Gasteiger partial charge < -0.3 is 23.7 Å². The van der Waals surface area contributed by atoms with Crippen LogP contribution in [0.3, 0.4) is 0 Å². The number of ether oxygens (including phenoxy) is 5. The molecule has 0 N–H and O–H groups in total. The van der Waals surface area contributed by atoms with Crippen LogP contribution in [-0.2, 0) is 4.79 Å². The van der Waals surface area contributed by atoms with Crippen molar-refractivity contribution < 1.29 is 28.5 Å². The number of carbonyl (C=O) groups excluding carboxylic acids is 1. The highest BCUT2D eigenvalue weighted by Gasteiger charge is 2.33. The molecule has 30 heavy (non-hydrogen) atoms. The lowest BCUT2D eigenvalue weighted by molar-refractivity contribution is -0.130. The van der Waals surface area contributed by atoms with E-state index >= 15 is 0 Å². The molecule has 8 nitrogen and oxygen atoms in total. The van der Waals surface area contributed by atoms with Crippen LogP contribution in [0, 0.1) is 0 Å². The van der Waals surface area contributed by atoms with E-state index in [4.69, 9.17) is 23.7 Å². The Kier molecular flexibility index (Phi) is 6.34. The summed E-state index contributed by atoms with van der Waals surface area (Å²) < 4.78 is 27.0. The molecule has 1 aliphatic heterocycles. The Morgan fingerprint density at radius 3 is 1.97 bits per heavy atom. The topological polar surface area (TPSA) is 78.8 Å². The number of hydrogen-bond acceptors (Lipinski definition) is 7. The standard InChI is InChI=1S/C22H26N2O6/c1-13(25)24-17(15-10-20(28-4)22(30-6)21(11-15)29-5)12-16(23-24)14-7-8-18(26-2)19(9-14)27-3/h7-11,17H,12H2,1-6H3/t17-/m0/s1. The van der Waals surface area contributed by atoms with Crippen LogP contribution < -0.4 is 23.7 Å². The maximum atomic E-state index is 12.3. The van der Waals surface area contributed by atoms with Crippen LogP contribution in [0.2, 0.25) is 0 Å². The van der Waals surface area contributed by atoms with Crippen LogP contribution in [-0.4, -0.2) is 52.2 Å². The number of benzene rings is 2. The quantitative estimate of drug-likeness (QED) is 0.691. The summed E-state index contributed by atoms with van der Waals surface area (Å²) in [6.45, 7) is 1.49. The van der Waals surface area contributed by atoms with E-state index in [0.717, 1.165) is 16.8 Å². The molecule has 0 unspecified atom stereocenters. The SMILES string of the molecule is COc1ccc(C2=NN(C(C)=O)[C@H](c3cc(OC)c(OC)c(OC)c3)C2)cc1OC. The average molecular weight is 414 g/mol. The Bertz CT molecular complexity index is 947. The molecule has 1 aliphatic rings. The number of hydrazone groups is 1. The highest BCUT2D eigenvalue weighted by Crippen LogP contribution is 2.43.